The molecular weight excluding hydrogens is 1690 g/mol. The summed E-state index contributed by atoms with van der Waals surface area (Å²) in [6.07, 6.45) is 0. The molecule has 0 aliphatic rings. The van der Waals surface area contributed by atoms with Crippen molar-refractivity contribution in [1.82, 2.24) is 0 Å². The number of carbonyl (C=O) groups is 9. The van der Waals surface area contributed by atoms with Gasteiger partial charge in [0.05, 0.1) is 7.11 Å². The van der Waals surface area contributed by atoms with Crippen molar-refractivity contribution in [3.8, 4) is 85.9 Å². The molecule has 0 atom stereocenters. The molecule has 17 rings (SSSR count). The van der Waals surface area contributed by atoms with Crippen molar-refractivity contribution in [1.29, 1.82) is 0 Å². The zero-order chi connectivity index (χ0) is 94.9. The van der Waals surface area contributed by atoms with Crippen LogP contribution in [0.5, 0.6) is 74.7 Å². The van der Waals surface area contributed by atoms with Gasteiger partial charge in [0.15, 0.2) is 52.0 Å². The number of carbonyl (C=O) groups excluding carboxylic acids is 9. The van der Waals surface area contributed by atoms with Crippen molar-refractivity contribution >= 4 is 52.0 Å². The van der Waals surface area contributed by atoms with Gasteiger partial charge in [-0.15, -0.1) is 0 Å². The van der Waals surface area contributed by atoms with Crippen molar-refractivity contribution in [3.05, 3.63) is 518 Å². The summed E-state index contributed by atoms with van der Waals surface area (Å²) in [4.78, 5) is 111. The predicted molar refractivity (Wildman–Crippen MR) is 525 cm³/mol. The molecule has 0 spiro atoms. The van der Waals surface area contributed by atoms with Crippen LogP contribution in [0.3, 0.4) is 0 Å². The van der Waals surface area contributed by atoms with Crippen molar-refractivity contribution in [2.45, 2.75) is 48.5 Å². The first-order chi connectivity index (χ1) is 65.3. The molecule has 0 aliphatic carbocycles. The predicted octanol–water partition coefficient (Wildman–Crippen LogP) is 28.4. The molecule has 0 saturated heterocycles. The third-order valence-corrected chi connectivity index (χ3v) is 21.7. The third-order valence-electron chi connectivity index (χ3n) is 21.7. The van der Waals surface area contributed by atoms with E-state index in [4.69, 9.17) is 33.2 Å². The van der Waals surface area contributed by atoms with Crippen LogP contribution in [0.2, 0.25) is 0 Å². The van der Waals surface area contributed by atoms with Gasteiger partial charge in [0.2, 0.25) is 0 Å². The Hall–Kier alpha value is -17.6. The van der Waals surface area contributed by atoms with Crippen LogP contribution in [0, 0.1) is 27.7 Å². The van der Waals surface area contributed by atoms with E-state index in [1.807, 2.05) is 198 Å². The molecule has 17 aromatic rings. The maximum absolute atomic E-state index is 13.0. The molecule has 0 amide bonds. The quantitative estimate of drug-likeness (QED) is 0.0398. The fraction of sp³-hybridized carbons (Fsp3) is 0.0672. The molecule has 0 bridgehead atoms. The molecule has 17 aromatic carbocycles. The summed E-state index contributed by atoms with van der Waals surface area (Å²) in [5.41, 5.74) is 15.0. The summed E-state index contributed by atoms with van der Waals surface area (Å²) in [5, 5.41) is 0. The molecule has 664 valence electrons. The normalized spacial score (nSPS) is 10.5. The lowest BCUT2D eigenvalue weighted by atomic mass is 9.98. The molecule has 0 saturated carbocycles. The van der Waals surface area contributed by atoms with Crippen LogP contribution in [0.4, 0.5) is 0 Å². The van der Waals surface area contributed by atoms with Gasteiger partial charge >= 0.3 is 0 Å². The van der Waals surface area contributed by atoms with Gasteiger partial charge in [0.1, 0.15) is 74.7 Å². The summed E-state index contributed by atoms with van der Waals surface area (Å²) in [7, 11) is 1.58. The number of benzene rings is 17. The number of hydrogen-bond donors (Lipinski definition) is 0. The van der Waals surface area contributed by atoms with Crippen molar-refractivity contribution in [2.24, 2.45) is 0 Å². The molecule has 135 heavy (non-hydrogen) atoms. The Morgan fingerprint density at radius 3 is 0.393 bits per heavy atom. The first-order valence-electron chi connectivity index (χ1n) is 43.4. The van der Waals surface area contributed by atoms with E-state index >= 15 is 0 Å². The van der Waals surface area contributed by atoms with E-state index in [0.717, 1.165) is 56.8 Å². The maximum atomic E-state index is 13.0. The lowest BCUT2D eigenvalue weighted by molar-refractivity contribution is 0.100. The molecule has 0 aliphatic heterocycles. The van der Waals surface area contributed by atoms with Gasteiger partial charge in [-0.05, 0) is 290 Å². The number of ether oxygens (including phenoxy) is 7. The van der Waals surface area contributed by atoms with Gasteiger partial charge in [0, 0.05) is 83.5 Å². The lowest BCUT2D eigenvalue weighted by Gasteiger charge is -2.09. The molecule has 16 nitrogen and oxygen atoms in total. The van der Waals surface area contributed by atoms with Crippen LogP contribution in [0.25, 0.3) is 11.1 Å². The number of methoxy groups -OCH3 is 1. The first kappa shape index (κ1) is 93.5. The second-order valence-corrected chi connectivity index (χ2v) is 31.7. The fourth-order valence-electron chi connectivity index (χ4n) is 13.8. The SMILES string of the molecule is CC(=O)c1ccc(C(=O)c2ccc(-c3ccc(Oc4ccc(C)cc4)cc3)cc2)cc1.CC(=O)c1ccc(C(=O)c2ccc(Oc3ccc(C(=O)c4ccc(Oc5ccc(C)cc5)cc4)cc3)cc2)cc1.CC(=O)c1ccc(C(=O)c2ccc(Oc3ccc(Oc4ccc(C)cc4)cc3)cc2)cc1.COc1ccc(C(=O)c2ccc(C(=O)c3ccc(Oc4ccc(C)cc4)cc3)cc2)cc1. The van der Waals surface area contributed by atoms with E-state index in [0.29, 0.717) is 124 Å². The zero-order valence-corrected chi connectivity index (χ0v) is 75.3. The number of rotatable bonds is 29. The summed E-state index contributed by atoms with van der Waals surface area (Å²) in [5.74, 6) is 8.25. The van der Waals surface area contributed by atoms with Crippen LogP contribution >= 0.6 is 0 Å². The Balaban J connectivity index is 0.000000145. The summed E-state index contributed by atoms with van der Waals surface area (Å²) in [6, 6.07) is 123. The monoisotopic (exact) mass is 1780 g/mol. The number of aryl methyl sites for hydroxylation is 4. The minimum absolute atomic E-state index is 0.0152. The molecule has 0 radical (unpaired) electrons. The van der Waals surface area contributed by atoms with E-state index < -0.39 is 0 Å². The second kappa shape index (κ2) is 44.6. The van der Waals surface area contributed by atoms with Crippen LogP contribution in [0.1, 0.15) is 170 Å². The van der Waals surface area contributed by atoms with Gasteiger partial charge in [-0.2, -0.15) is 0 Å². The number of hydrogen-bond acceptors (Lipinski definition) is 16. The van der Waals surface area contributed by atoms with Gasteiger partial charge in [-0.1, -0.05) is 204 Å². The molecule has 0 fully saturated rings. The minimum atomic E-state index is -0.140. The van der Waals surface area contributed by atoms with Crippen LogP contribution in [0.15, 0.2) is 413 Å². The standard InChI is InChI=1S/C35H26O5.2C28H22O4.C28H22O3/c1-23-3-15-30(16-4-23)39-31-17-11-28(12-18-31)35(38)29-13-21-33(22-14-29)40-32-19-9-27(10-20-32)34(37)26-7-5-25(6-8-26)24(2)36;1-19-3-13-25(14-4-19)32-26-17-11-23(12-18-26)28(30)21-7-5-20(6-8-21)27(29)22-9-15-24(31-2)16-10-22;1-19-3-11-24(12-4-19)31-26-15-17-27(18-16-26)32-25-13-9-23(10-14-25)28(30)22-7-5-21(6-8-22)20(2)29;1-19-3-15-26(16-4-19)31-27-17-13-23(14-18-27)22-7-11-25(12-8-22)28(30)24-9-5-21(6-10-24)20(2)29/h3-22H,1-2H3;2*3-18H,1-2H3;3-18H,1-2H3. The summed E-state index contributed by atoms with van der Waals surface area (Å²) < 4.78 is 40.3. The topological polar surface area (TPSA) is 218 Å². The maximum Gasteiger partial charge on any atom is 0.193 e. The second-order valence-electron chi connectivity index (χ2n) is 31.7. The average Bonchev–Trinajstić information content (AvgIpc) is 0.831. The highest BCUT2D eigenvalue weighted by Gasteiger charge is 2.19. The Kier molecular flexibility index (Phi) is 30.9. The zero-order valence-electron chi connectivity index (χ0n) is 75.3. The highest BCUT2D eigenvalue weighted by molar-refractivity contribution is 6.14. The Morgan fingerprint density at radius 1 is 0.141 bits per heavy atom. The highest BCUT2D eigenvalue weighted by atomic mass is 16.5. The van der Waals surface area contributed by atoms with Crippen molar-refractivity contribution in [3.63, 3.8) is 0 Å². The largest absolute Gasteiger partial charge is 0.497 e. The number of ketones is 9. The molecule has 0 N–H and O–H groups in total. The van der Waals surface area contributed by atoms with Gasteiger partial charge in [-0.25, -0.2) is 0 Å². The van der Waals surface area contributed by atoms with Crippen LogP contribution in [-0.4, -0.2) is 59.2 Å². The minimum Gasteiger partial charge on any atom is -0.497 e. The summed E-state index contributed by atoms with van der Waals surface area (Å²) in [6.45, 7) is 12.6. The Bertz CT molecular complexity index is 7000. The summed E-state index contributed by atoms with van der Waals surface area (Å²) >= 11 is 0. The molecule has 0 unspecified atom stereocenters. The van der Waals surface area contributed by atoms with Gasteiger partial charge in [0.25, 0.3) is 0 Å². The van der Waals surface area contributed by atoms with Crippen molar-refractivity contribution < 1.29 is 76.3 Å². The van der Waals surface area contributed by atoms with Crippen LogP contribution in [-0.2, 0) is 0 Å². The lowest BCUT2D eigenvalue weighted by Crippen LogP contribution is -2.04. The average molecular weight is 1780 g/mol. The van der Waals surface area contributed by atoms with Gasteiger partial charge < -0.3 is 33.2 Å². The Labute approximate surface area is 783 Å². The highest BCUT2D eigenvalue weighted by Crippen LogP contribution is 2.34. The molecule has 0 heterocycles. The van der Waals surface area contributed by atoms with Crippen LogP contribution < -0.4 is 33.2 Å². The first-order valence-corrected chi connectivity index (χ1v) is 43.4. The van der Waals surface area contributed by atoms with E-state index in [2.05, 4.69) is 0 Å². The number of Topliss-reactive ketones (excluding diaryl/α,β-unsaturated/α-hetero) is 3. The molecule has 0 aromatic heterocycles. The van der Waals surface area contributed by atoms with E-state index in [-0.39, 0.29) is 52.0 Å². The van der Waals surface area contributed by atoms with E-state index in [1.165, 1.54) is 31.9 Å². The van der Waals surface area contributed by atoms with E-state index in [9.17, 15) is 43.2 Å². The van der Waals surface area contributed by atoms with Crippen molar-refractivity contribution in [2.75, 3.05) is 7.11 Å². The van der Waals surface area contributed by atoms with Gasteiger partial charge in [-0.3, -0.25) is 43.2 Å². The molecule has 16 heteroatoms. The smallest absolute Gasteiger partial charge is 0.193 e. The Morgan fingerprint density at radius 2 is 0.244 bits per heavy atom. The fourth-order valence-corrected chi connectivity index (χ4v) is 13.8. The molecular formula is C119H92O16. The third kappa shape index (κ3) is 25.9. The van der Waals surface area contributed by atoms with E-state index in [1.54, 1.807) is 250 Å².